The van der Waals surface area contributed by atoms with Gasteiger partial charge in [-0.05, 0) is 12.1 Å². The van der Waals surface area contributed by atoms with Crippen LogP contribution in [-0.4, -0.2) is 50.0 Å². The highest BCUT2D eigenvalue weighted by Crippen LogP contribution is 2.26. The molecular formula is C16H19N3O4. The first kappa shape index (κ1) is 15.5. The number of aromatic nitrogens is 2. The van der Waals surface area contributed by atoms with Gasteiger partial charge in [0.2, 0.25) is 0 Å². The molecule has 3 N–H and O–H groups in total. The number of aliphatic hydroxyl groups is 2. The van der Waals surface area contributed by atoms with E-state index in [4.69, 9.17) is 4.74 Å². The Morgan fingerprint density at radius 3 is 2.70 bits per heavy atom. The van der Waals surface area contributed by atoms with Gasteiger partial charge in [0.15, 0.2) is 0 Å². The van der Waals surface area contributed by atoms with Crippen LogP contribution in [0.2, 0.25) is 0 Å². The summed E-state index contributed by atoms with van der Waals surface area (Å²) in [6.45, 7) is 0. The first-order valence-electron chi connectivity index (χ1n) is 7.41. The predicted octanol–water partition coefficient (Wildman–Crippen LogP) is 0.0916. The van der Waals surface area contributed by atoms with Crippen molar-refractivity contribution in [2.75, 3.05) is 0 Å². The lowest BCUT2D eigenvalue weighted by atomic mass is 10.2. The van der Waals surface area contributed by atoms with Crippen LogP contribution in [0.5, 0.6) is 5.75 Å². The summed E-state index contributed by atoms with van der Waals surface area (Å²) in [6, 6.07) is 8.50. The number of hydrogen-bond donors (Lipinski definition) is 3. The van der Waals surface area contributed by atoms with Crippen molar-refractivity contribution in [2.45, 2.75) is 30.8 Å². The third-order valence-corrected chi connectivity index (χ3v) is 4.03. The standard InChI is InChI=1S/C16H19N3O4/c1-19-9-17-8-12(19)16(22)18-11-7-13(15(21)14(11)20)23-10-5-3-2-4-6-10/h2-6,8-9,11,13-15,20-21H,7H2,1H3,(H,18,22)/t11-,13-,14+,15+/m1/s1. The van der Waals surface area contributed by atoms with Crippen LogP contribution in [0.4, 0.5) is 0 Å². The number of aliphatic hydroxyl groups excluding tert-OH is 2. The normalized spacial score (nSPS) is 26.9. The number of nitrogens with one attached hydrogen (secondary N) is 1. The molecule has 4 atom stereocenters. The van der Waals surface area contributed by atoms with Crippen molar-refractivity contribution in [3.05, 3.63) is 48.5 Å². The van der Waals surface area contributed by atoms with Crippen LogP contribution in [0.1, 0.15) is 16.9 Å². The van der Waals surface area contributed by atoms with Crippen LogP contribution in [-0.2, 0) is 7.05 Å². The van der Waals surface area contributed by atoms with Crippen LogP contribution >= 0.6 is 0 Å². The Hall–Kier alpha value is -2.38. The van der Waals surface area contributed by atoms with E-state index in [0.29, 0.717) is 17.9 Å². The Bertz CT molecular complexity index is 673. The molecule has 0 spiro atoms. The molecule has 1 aliphatic rings. The van der Waals surface area contributed by atoms with E-state index in [1.807, 2.05) is 18.2 Å². The molecule has 1 aliphatic carbocycles. The minimum Gasteiger partial charge on any atom is -0.488 e. The van der Waals surface area contributed by atoms with E-state index in [1.54, 1.807) is 23.7 Å². The Kier molecular flexibility index (Phi) is 4.31. The lowest BCUT2D eigenvalue weighted by Crippen LogP contribution is -2.43. The molecule has 0 saturated heterocycles. The van der Waals surface area contributed by atoms with Gasteiger partial charge in [0.1, 0.15) is 29.8 Å². The first-order chi connectivity index (χ1) is 11.1. The molecule has 0 aliphatic heterocycles. The van der Waals surface area contributed by atoms with Gasteiger partial charge in [0, 0.05) is 13.5 Å². The Morgan fingerprint density at radius 2 is 2.04 bits per heavy atom. The average Bonchev–Trinajstić information content (AvgIpc) is 3.08. The predicted molar refractivity (Wildman–Crippen MR) is 82.0 cm³/mol. The van der Waals surface area contributed by atoms with E-state index in [9.17, 15) is 15.0 Å². The molecule has 23 heavy (non-hydrogen) atoms. The van der Waals surface area contributed by atoms with Crippen LogP contribution in [0, 0.1) is 0 Å². The molecular weight excluding hydrogens is 298 g/mol. The number of imidazole rings is 1. The van der Waals surface area contributed by atoms with Gasteiger partial charge in [-0.3, -0.25) is 4.79 Å². The van der Waals surface area contributed by atoms with Crippen molar-refractivity contribution in [1.29, 1.82) is 0 Å². The number of hydrogen-bond acceptors (Lipinski definition) is 5. The quantitative estimate of drug-likeness (QED) is 0.743. The number of ether oxygens (including phenoxy) is 1. The minimum atomic E-state index is -1.08. The van der Waals surface area contributed by atoms with Gasteiger partial charge in [0.05, 0.1) is 18.6 Å². The van der Waals surface area contributed by atoms with E-state index in [-0.39, 0.29) is 5.91 Å². The maximum atomic E-state index is 12.2. The number of nitrogens with zero attached hydrogens (tertiary/aromatic N) is 2. The zero-order valence-corrected chi connectivity index (χ0v) is 12.7. The number of carbonyl (C=O) groups is 1. The van der Waals surface area contributed by atoms with E-state index >= 15 is 0 Å². The molecule has 0 unspecified atom stereocenters. The van der Waals surface area contributed by atoms with E-state index in [0.717, 1.165) is 0 Å². The highest BCUT2D eigenvalue weighted by molar-refractivity contribution is 5.92. The molecule has 1 heterocycles. The summed E-state index contributed by atoms with van der Waals surface area (Å²) in [4.78, 5) is 16.1. The molecule has 7 nitrogen and oxygen atoms in total. The van der Waals surface area contributed by atoms with Crippen molar-refractivity contribution in [3.63, 3.8) is 0 Å². The first-order valence-corrected chi connectivity index (χ1v) is 7.41. The van der Waals surface area contributed by atoms with Gasteiger partial charge in [-0.25, -0.2) is 4.98 Å². The van der Waals surface area contributed by atoms with Crippen molar-refractivity contribution >= 4 is 5.91 Å². The summed E-state index contributed by atoms with van der Waals surface area (Å²) in [5, 5.41) is 23.0. The molecule has 1 aromatic heterocycles. The molecule has 122 valence electrons. The van der Waals surface area contributed by atoms with E-state index in [1.165, 1.54) is 12.5 Å². The van der Waals surface area contributed by atoms with Crippen LogP contribution in [0.15, 0.2) is 42.9 Å². The lowest BCUT2D eigenvalue weighted by molar-refractivity contribution is -0.0135. The van der Waals surface area contributed by atoms with Crippen LogP contribution in [0.3, 0.4) is 0 Å². The minimum absolute atomic E-state index is 0.320. The van der Waals surface area contributed by atoms with Gasteiger partial charge in [-0.1, -0.05) is 18.2 Å². The average molecular weight is 317 g/mol. The van der Waals surface area contributed by atoms with Gasteiger partial charge in [-0.15, -0.1) is 0 Å². The monoisotopic (exact) mass is 317 g/mol. The molecule has 1 amide bonds. The van der Waals surface area contributed by atoms with E-state index in [2.05, 4.69) is 10.3 Å². The summed E-state index contributed by atoms with van der Waals surface area (Å²) in [5.74, 6) is 0.268. The number of benzene rings is 1. The molecule has 7 heteroatoms. The third kappa shape index (κ3) is 3.20. The summed E-state index contributed by atoms with van der Waals surface area (Å²) in [7, 11) is 1.71. The van der Waals surface area contributed by atoms with E-state index < -0.39 is 24.4 Å². The number of carbonyl (C=O) groups excluding carboxylic acids is 1. The summed E-state index contributed by atoms with van der Waals surface area (Å²) in [6.07, 6.45) is 0.569. The fourth-order valence-corrected chi connectivity index (χ4v) is 2.74. The van der Waals surface area contributed by atoms with Crippen LogP contribution < -0.4 is 10.1 Å². The second-order valence-electron chi connectivity index (χ2n) is 5.66. The molecule has 2 aromatic rings. The van der Waals surface area contributed by atoms with Gasteiger partial charge < -0.3 is 24.8 Å². The second-order valence-corrected chi connectivity index (χ2v) is 5.66. The van der Waals surface area contributed by atoms with Crippen LogP contribution in [0.25, 0.3) is 0 Å². The molecule has 1 fully saturated rings. The highest BCUT2D eigenvalue weighted by Gasteiger charge is 2.43. The van der Waals surface area contributed by atoms with Gasteiger partial charge >= 0.3 is 0 Å². The highest BCUT2D eigenvalue weighted by atomic mass is 16.5. The largest absolute Gasteiger partial charge is 0.488 e. The Balaban J connectivity index is 1.65. The SMILES string of the molecule is Cn1cncc1C(=O)N[C@@H]1C[C@@H](Oc2ccccc2)[C@H](O)[C@H]1O. The third-order valence-electron chi connectivity index (χ3n) is 4.03. The summed E-state index contributed by atoms with van der Waals surface area (Å²) >= 11 is 0. The van der Waals surface area contributed by atoms with Crippen molar-refractivity contribution < 1.29 is 19.7 Å². The second kappa shape index (κ2) is 6.39. The van der Waals surface area contributed by atoms with Crippen molar-refractivity contribution in [2.24, 2.45) is 7.05 Å². The fourth-order valence-electron chi connectivity index (χ4n) is 2.74. The zero-order chi connectivity index (χ0) is 16.4. The number of rotatable bonds is 4. The summed E-state index contributed by atoms with van der Waals surface area (Å²) < 4.78 is 7.29. The number of aryl methyl sites for hydroxylation is 1. The molecule has 3 rings (SSSR count). The van der Waals surface area contributed by atoms with Gasteiger partial charge in [-0.2, -0.15) is 0 Å². The zero-order valence-electron chi connectivity index (χ0n) is 12.7. The fraction of sp³-hybridized carbons (Fsp3) is 0.375. The van der Waals surface area contributed by atoms with Gasteiger partial charge in [0.25, 0.3) is 5.91 Å². The smallest absolute Gasteiger partial charge is 0.269 e. The van der Waals surface area contributed by atoms with Crippen molar-refractivity contribution in [1.82, 2.24) is 14.9 Å². The summed E-state index contributed by atoms with van der Waals surface area (Å²) in [5.41, 5.74) is 0.388. The number of amides is 1. The Morgan fingerprint density at radius 1 is 1.30 bits per heavy atom. The van der Waals surface area contributed by atoms with Crippen molar-refractivity contribution in [3.8, 4) is 5.75 Å². The number of para-hydroxylation sites is 1. The lowest BCUT2D eigenvalue weighted by Gasteiger charge is -2.18. The maximum Gasteiger partial charge on any atom is 0.269 e. The maximum absolute atomic E-state index is 12.2. The molecule has 0 radical (unpaired) electrons. The molecule has 0 bridgehead atoms. The molecule has 1 saturated carbocycles. The molecule has 1 aromatic carbocycles. The topological polar surface area (TPSA) is 96.6 Å². The Labute approximate surface area is 133 Å².